The Kier molecular flexibility index (Phi) is 5.07. The van der Waals surface area contributed by atoms with Gasteiger partial charge in [0, 0.05) is 24.9 Å². The highest BCUT2D eigenvalue weighted by Gasteiger charge is 2.16. The summed E-state index contributed by atoms with van der Waals surface area (Å²) in [5.74, 6) is 2.57. The first kappa shape index (κ1) is 14.2. The molecule has 0 spiro atoms. The van der Waals surface area contributed by atoms with Gasteiger partial charge in [-0.15, -0.1) is 0 Å². The lowest BCUT2D eigenvalue weighted by Gasteiger charge is -2.27. The second-order valence-corrected chi connectivity index (χ2v) is 5.78. The van der Waals surface area contributed by atoms with Gasteiger partial charge in [0.1, 0.15) is 0 Å². The molecule has 0 amide bonds. The first-order valence-corrected chi connectivity index (χ1v) is 8.10. The lowest BCUT2D eigenvalue weighted by molar-refractivity contribution is 0.568. The number of nitrogen functional groups attached to an aromatic ring is 1. The summed E-state index contributed by atoms with van der Waals surface area (Å²) in [6, 6.07) is 0.311. The molecule has 1 aliphatic rings. The van der Waals surface area contributed by atoms with Crippen LogP contribution in [0.2, 0.25) is 0 Å². The van der Waals surface area contributed by atoms with Crippen molar-refractivity contribution in [2.24, 2.45) is 0 Å². The lowest BCUT2D eigenvalue weighted by atomic mass is 10.1. The zero-order chi connectivity index (χ0) is 13.7. The van der Waals surface area contributed by atoms with Gasteiger partial charge in [0.2, 0.25) is 17.8 Å². The lowest BCUT2D eigenvalue weighted by Crippen LogP contribution is -2.32. The van der Waals surface area contributed by atoms with Crippen LogP contribution in [-0.4, -0.2) is 46.1 Å². The summed E-state index contributed by atoms with van der Waals surface area (Å²) in [7, 11) is 0. The van der Waals surface area contributed by atoms with Crippen molar-refractivity contribution < 1.29 is 0 Å². The van der Waals surface area contributed by atoms with Crippen LogP contribution in [0.5, 0.6) is 0 Å². The van der Waals surface area contributed by atoms with Gasteiger partial charge < -0.3 is 16.0 Å². The first-order valence-electron chi connectivity index (χ1n) is 6.71. The van der Waals surface area contributed by atoms with Gasteiger partial charge >= 0.3 is 0 Å². The molecule has 1 unspecified atom stereocenters. The van der Waals surface area contributed by atoms with Gasteiger partial charge in [-0.25, -0.2) is 0 Å². The number of hydrogen-bond donors (Lipinski definition) is 2. The molecule has 19 heavy (non-hydrogen) atoms. The van der Waals surface area contributed by atoms with E-state index in [1.807, 2.05) is 0 Å². The van der Waals surface area contributed by atoms with Crippen LogP contribution in [0.1, 0.15) is 26.2 Å². The van der Waals surface area contributed by atoms with E-state index < -0.39 is 0 Å². The Balaban J connectivity index is 2.09. The van der Waals surface area contributed by atoms with E-state index in [-0.39, 0.29) is 5.95 Å². The number of nitrogens with two attached hydrogens (primary N) is 1. The Morgan fingerprint density at radius 2 is 2.00 bits per heavy atom. The van der Waals surface area contributed by atoms with E-state index >= 15 is 0 Å². The quantitative estimate of drug-likeness (QED) is 0.849. The molecule has 1 aromatic rings. The molecule has 0 aromatic carbocycles. The number of thioether (sulfide) groups is 1. The molecule has 6 nitrogen and oxygen atoms in total. The highest BCUT2D eigenvalue weighted by atomic mass is 32.2. The molecule has 1 aromatic heterocycles. The van der Waals surface area contributed by atoms with Gasteiger partial charge in [-0.05, 0) is 32.4 Å². The average Bonchev–Trinajstić information content (AvgIpc) is 2.39. The minimum atomic E-state index is 0.287. The maximum Gasteiger partial charge on any atom is 0.231 e. The van der Waals surface area contributed by atoms with Gasteiger partial charge in [-0.1, -0.05) is 0 Å². The summed E-state index contributed by atoms with van der Waals surface area (Å²) >= 11 is 1.79. The molecule has 7 heteroatoms. The topological polar surface area (TPSA) is 80.0 Å². The predicted molar refractivity (Wildman–Crippen MR) is 81.8 cm³/mol. The molecule has 0 radical (unpaired) electrons. The molecule has 1 saturated heterocycles. The van der Waals surface area contributed by atoms with E-state index in [2.05, 4.69) is 38.3 Å². The average molecular weight is 282 g/mol. The highest BCUT2D eigenvalue weighted by Crippen LogP contribution is 2.18. The van der Waals surface area contributed by atoms with Crippen molar-refractivity contribution in [1.29, 1.82) is 0 Å². The molecule has 1 fully saturated rings. The number of hydrogen-bond acceptors (Lipinski definition) is 7. The number of anilines is 3. The third-order valence-corrected chi connectivity index (χ3v) is 3.91. The van der Waals surface area contributed by atoms with Crippen LogP contribution in [0.4, 0.5) is 17.8 Å². The predicted octanol–water partition coefficient (Wildman–Crippen LogP) is 1.61. The Morgan fingerprint density at radius 1 is 1.26 bits per heavy atom. The van der Waals surface area contributed by atoms with E-state index in [0.29, 0.717) is 17.9 Å². The van der Waals surface area contributed by atoms with Crippen LogP contribution in [0.25, 0.3) is 0 Å². The molecule has 0 aliphatic carbocycles. The molecule has 106 valence electrons. The molecular formula is C12H22N6S. The Labute approximate surface area is 118 Å². The van der Waals surface area contributed by atoms with Crippen LogP contribution >= 0.6 is 11.8 Å². The summed E-state index contributed by atoms with van der Waals surface area (Å²) in [5.41, 5.74) is 5.78. The van der Waals surface area contributed by atoms with Crippen molar-refractivity contribution in [3.05, 3.63) is 0 Å². The summed E-state index contributed by atoms with van der Waals surface area (Å²) in [6.45, 7) is 4.11. The molecule has 0 saturated carbocycles. The number of aromatic nitrogens is 3. The fourth-order valence-corrected chi connectivity index (χ4v) is 2.78. The summed E-state index contributed by atoms with van der Waals surface area (Å²) < 4.78 is 0. The minimum Gasteiger partial charge on any atom is -0.368 e. The molecular weight excluding hydrogens is 260 g/mol. The third kappa shape index (κ3) is 4.12. The zero-order valence-corrected chi connectivity index (χ0v) is 12.4. The summed E-state index contributed by atoms with van der Waals surface area (Å²) in [6.07, 6.45) is 5.75. The molecule has 2 rings (SSSR count). The Morgan fingerprint density at radius 3 is 2.68 bits per heavy atom. The Bertz CT molecular complexity index is 407. The molecule has 1 atom stereocenters. The maximum atomic E-state index is 5.78. The fourth-order valence-electron chi connectivity index (χ4n) is 2.19. The van der Waals surface area contributed by atoms with Crippen LogP contribution < -0.4 is 16.0 Å². The molecule has 2 heterocycles. The number of rotatable bonds is 5. The monoisotopic (exact) mass is 282 g/mol. The van der Waals surface area contributed by atoms with Crippen molar-refractivity contribution >= 4 is 29.6 Å². The van der Waals surface area contributed by atoms with E-state index in [0.717, 1.165) is 18.8 Å². The Hall–Kier alpha value is -1.24. The van der Waals surface area contributed by atoms with Crippen molar-refractivity contribution in [2.75, 3.05) is 41.0 Å². The number of nitrogens with zero attached hydrogens (tertiary/aromatic N) is 4. The van der Waals surface area contributed by atoms with Gasteiger partial charge in [0.25, 0.3) is 0 Å². The van der Waals surface area contributed by atoms with Crippen molar-refractivity contribution in [3.8, 4) is 0 Å². The van der Waals surface area contributed by atoms with E-state index in [9.17, 15) is 0 Å². The van der Waals surface area contributed by atoms with Crippen LogP contribution in [0.15, 0.2) is 0 Å². The van der Waals surface area contributed by atoms with Gasteiger partial charge in [-0.3, -0.25) is 0 Å². The largest absolute Gasteiger partial charge is 0.368 e. The normalized spacial score (nSPS) is 17.3. The summed E-state index contributed by atoms with van der Waals surface area (Å²) in [5, 5.41) is 3.27. The van der Waals surface area contributed by atoms with Crippen LogP contribution in [0.3, 0.4) is 0 Å². The fraction of sp³-hybridized carbons (Fsp3) is 0.750. The number of piperidine rings is 1. The first-order chi connectivity index (χ1) is 9.19. The smallest absolute Gasteiger partial charge is 0.231 e. The summed E-state index contributed by atoms with van der Waals surface area (Å²) in [4.78, 5) is 15.1. The second-order valence-electron chi connectivity index (χ2n) is 4.87. The molecule has 0 bridgehead atoms. The van der Waals surface area contributed by atoms with Gasteiger partial charge in [-0.2, -0.15) is 26.7 Å². The van der Waals surface area contributed by atoms with Crippen LogP contribution in [-0.2, 0) is 0 Å². The zero-order valence-electron chi connectivity index (χ0n) is 11.6. The SMILES string of the molecule is CSCC(C)Nc1nc(N)nc(N2CCCCC2)n1. The molecule has 1 aliphatic heterocycles. The highest BCUT2D eigenvalue weighted by molar-refractivity contribution is 7.98. The third-order valence-electron chi connectivity index (χ3n) is 3.07. The number of nitrogens with one attached hydrogen (secondary N) is 1. The van der Waals surface area contributed by atoms with E-state index in [4.69, 9.17) is 5.73 Å². The minimum absolute atomic E-state index is 0.287. The van der Waals surface area contributed by atoms with Crippen LogP contribution in [0, 0.1) is 0 Å². The van der Waals surface area contributed by atoms with Crippen molar-refractivity contribution in [1.82, 2.24) is 15.0 Å². The van der Waals surface area contributed by atoms with Gasteiger partial charge in [0.05, 0.1) is 0 Å². The van der Waals surface area contributed by atoms with E-state index in [1.54, 1.807) is 11.8 Å². The van der Waals surface area contributed by atoms with Crippen molar-refractivity contribution in [3.63, 3.8) is 0 Å². The maximum absolute atomic E-state index is 5.78. The standard InChI is InChI=1S/C12H22N6S/c1-9(8-19-2)14-11-15-10(13)16-12(17-11)18-6-4-3-5-7-18/h9H,3-8H2,1-2H3,(H3,13,14,15,16,17). The van der Waals surface area contributed by atoms with E-state index in [1.165, 1.54) is 19.3 Å². The van der Waals surface area contributed by atoms with Gasteiger partial charge in [0.15, 0.2) is 0 Å². The second kappa shape index (κ2) is 6.79. The molecule has 3 N–H and O–H groups in total. The van der Waals surface area contributed by atoms with Crippen molar-refractivity contribution in [2.45, 2.75) is 32.2 Å².